The lowest BCUT2D eigenvalue weighted by atomic mass is 10.0. The van der Waals surface area contributed by atoms with Gasteiger partial charge in [-0.05, 0) is 18.6 Å². The Morgan fingerprint density at radius 1 is 1.32 bits per heavy atom. The number of hydrogen-bond donors (Lipinski definition) is 1. The summed E-state index contributed by atoms with van der Waals surface area (Å²) in [5.74, 6) is 0.447. The quantitative estimate of drug-likeness (QED) is 0.638. The van der Waals surface area contributed by atoms with Gasteiger partial charge >= 0.3 is 0 Å². The Morgan fingerprint density at radius 2 is 2.14 bits per heavy atom. The second-order valence-electron chi connectivity index (χ2n) is 5.31. The van der Waals surface area contributed by atoms with Gasteiger partial charge in [0.25, 0.3) is 5.91 Å². The maximum Gasteiger partial charge on any atom is 0.260 e. The number of halogens is 1. The van der Waals surface area contributed by atoms with Crippen LogP contribution in [0.15, 0.2) is 36.5 Å². The van der Waals surface area contributed by atoms with Gasteiger partial charge in [-0.25, -0.2) is 4.98 Å². The number of amides is 1. The van der Waals surface area contributed by atoms with Gasteiger partial charge in [-0.3, -0.25) is 4.79 Å². The molecule has 22 heavy (non-hydrogen) atoms. The molecule has 0 saturated carbocycles. The number of nitrogens with zero attached hydrogens (tertiary/aromatic N) is 1. The van der Waals surface area contributed by atoms with Crippen molar-refractivity contribution in [3.05, 3.63) is 58.4 Å². The van der Waals surface area contributed by atoms with Gasteiger partial charge in [0.1, 0.15) is 17.0 Å². The number of pyridine rings is 1. The number of fused-ring (bicyclic) bond motifs is 2. The Labute approximate surface area is 132 Å². The van der Waals surface area contributed by atoms with Crippen LogP contribution in [0.25, 0.3) is 11.3 Å². The van der Waals surface area contributed by atoms with Gasteiger partial charge in [-0.1, -0.05) is 36.7 Å². The van der Waals surface area contributed by atoms with Gasteiger partial charge in [0.15, 0.2) is 0 Å². The molecule has 1 unspecified atom stereocenters. The minimum atomic E-state index is -0.145. The van der Waals surface area contributed by atoms with Crippen LogP contribution in [0.5, 0.6) is 0 Å². The molecule has 4 rings (SSSR count). The van der Waals surface area contributed by atoms with E-state index in [0.29, 0.717) is 16.5 Å². The van der Waals surface area contributed by atoms with Crippen LogP contribution in [0.3, 0.4) is 0 Å². The van der Waals surface area contributed by atoms with E-state index >= 15 is 0 Å². The number of anilines is 1. The first-order valence-corrected chi connectivity index (χ1v) is 7.54. The lowest BCUT2D eigenvalue weighted by Crippen LogP contribution is -2.06. The number of benzene rings is 1. The van der Waals surface area contributed by atoms with E-state index in [1.807, 2.05) is 37.3 Å². The molecule has 3 heterocycles. The third kappa shape index (κ3) is 1.84. The summed E-state index contributed by atoms with van der Waals surface area (Å²) in [6.45, 7) is 2.04. The van der Waals surface area contributed by atoms with Gasteiger partial charge in [-0.2, -0.15) is 0 Å². The Hall–Kier alpha value is -2.33. The van der Waals surface area contributed by atoms with Crippen molar-refractivity contribution in [2.24, 2.45) is 0 Å². The van der Waals surface area contributed by atoms with Gasteiger partial charge < -0.3 is 10.1 Å². The van der Waals surface area contributed by atoms with Crippen molar-refractivity contribution in [1.82, 2.24) is 4.98 Å². The van der Waals surface area contributed by atoms with Crippen molar-refractivity contribution in [1.29, 1.82) is 0 Å². The summed E-state index contributed by atoms with van der Waals surface area (Å²) in [4.78, 5) is 16.5. The van der Waals surface area contributed by atoms with Crippen LogP contribution in [-0.2, 0) is 9.53 Å². The molecule has 2 aliphatic rings. The van der Waals surface area contributed by atoms with E-state index in [-0.39, 0.29) is 12.0 Å². The Morgan fingerprint density at radius 3 is 2.95 bits per heavy atom. The van der Waals surface area contributed by atoms with Crippen molar-refractivity contribution < 1.29 is 9.53 Å². The molecule has 5 heteroatoms. The average molecular weight is 313 g/mol. The fraction of sp³-hybridized carbons (Fsp3) is 0.176. The van der Waals surface area contributed by atoms with E-state index in [9.17, 15) is 4.79 Å². The summed E-state index contributed by atoms with van der Waals surface area (Å²) in [6, 6.07) is 9.42. The zero-order valence-corrected chi connectivity index (χ0v) is 12.6. The highest BCUT2D eigenvalue weighted by atomic mass is 35.5. The van der Waals surface area contributed by atoms with Crippen LogP contribution in [0.1, 0.15) is 36.1 Å². The normalized spacial score (nSPS) is 22.1. The minimum absolute atomic E-state index is 0.0986. The Bertz CT molecular complexity index is 829. The molecular formula is C17H13ClN2O2. The number of hydrogen-bond acceptors (Lipinski definition) is 3. The van der Waals surface area contributed by atoms with Gasteiger partial charge in [0, 0.05) is 28.6 Å². The van der Waals surface area contributed by atoms with Crippen molar-refractivity contribution in [2.75, 3.05) is 5.32 Å². The number of nitrogens with one attached hydrogen (secondary N) is 1. The Balaban J connectivity index is 1.96. The monoisotopic (exact) mass is 312 g/mol. The molecule has 1 atom stereocenters. The summed E-state index contributed by atoms with van der Waals surface area (Å²) in [5, 5.41) is 3.31. The average Bonchev–Trinajstić information content (AvgIpc) is 3.03. The Kier molecular flexibility index (Phi) is 2.94. The van der Waals surface area contributed by atoms with Crippen LogP contribution in [0, 0.1) is 0 Å². The molecule has 1 N–H and O–H groups in total. The molecule has 110 valence electrons. The van der Waals surface area contributed by atoms with E-state index < -0.39 is 0 Å². The second kappa shape index (κ2) is 4.85. The molecule has 0 saturated heterocycles. The zero-order chi connectivity index (χ0) is 15.3. The first-order chi connectivity index (χ1) is 10.7. The van der Waals surface area contributed by atoms with Crippen LogP contribution in [0.2, 0.25) is 5.15 Å². The molecule has 4 nitrogen and oxygen atoms in total. The third-order valence-electron chi connectivity index (χ3n) is 4.02. The highest BCUT2D eigenvalue weighted by Gasteiger charge is 2.35. The second-order valence-corrected chi connectivity index (χ2v) is 5.70. The zero-order valence-electron chi connectivity index (χ0n) is 11.9. The summed E-state index contributed by atoms with van der Waals surface area (Å²) in [7, 11) is 0. The molecule has 0 aliphatic carbocycles. The van der Waals surface area contributed by atoms with Crippen molar-refractivity contribution in [2.45, 2.75) is 19.4 Å². The van der Waals surface area contributed by atoms with Gasteiger partial charge in [-0.15, -0.1) is 0 Å². The molecule has 2 aliphatic heterocycles. The fourth-order valence-corrected chi connectivity index (χ4v) is 3.18. The van der Waals surface area contributed by atoms with Crippen LogP contribution in [0.4, 0.5) is 5.69 Å². The van der Waals surface area contributed by atoms with Gasteiger partial charge in [0.05, 0.1) is 5.57 Å². The fourth-order valence-electron chi connectivity index (χ4n) is 3.01. The summed E-state index contributed by atoms with van der Waals surface area (Å²) in [5.41, 5.74) is 4.07. The highest BCUT2D eigenvalue weighted by Crippen LogP contribution is 2.46. The van der Waals surface area contributed by atoms with Gasteiger partial charge in [0.2, 0.25) is 0 Å². The molecule has 1 aromatic carbocycles. The maximum absolute atomic E-state index is 12.4. The SMILES string of the molecule is CCC1O/C(=C2/C(=O)Nc3ccccc32)c2cnc(Cl)cc21. The molecule has 0 radical (unpaired) electrons. The van der Waals surface area contributed by atoms with E-state index in [1.54, 1.807) is 6.20 Å². The minimum Gasteiger partial charge on any atom is -0.484 e. The number of rotatable bonds is 1. The van der Waals surface area contributed by atoms with Crippen LogP contribution >= 0.6 is 11.6 Å². The number of aromatic nitrogens is 1. The smallest absolute Gasteiger partial charge is 0.260 e. The molecule has 2 aromatic rings. The molecule has 1 aromatic heterocycles. The number of carbonyl (C=O) groups is 1. The topological polar surface area (TPSA) is 51.2 Å². The lowest BCUT2D eigenvalue weighted by molar-refractivity contribution is -0.110. The molecule has 0 fully saturated rings. The third-order valence-corrected chi connectivity index (χ3v) is 4.23. The van der Waals surface area contributed by atoms with E-state index in [1.165, 1.54) is 0 Å². The molecular weight excluding hydrogens is 300 g/mol. The van der Waals surface area contributed by atoms with Crippen molar-refractivity contribution >= 4 is 34.5 Å². The predicted molar refractivity (Wildman–Crippen MR) is 85.2 cm³/mol. The first-order valence-electron chi connectivity index (χ1n) is 7.16. The molecule has 0 spiro atoms. The van der Waals surface area contributed by atoms with E-state index in [4.69, 9.17) is 16.3 Å². The first kappa shape index (κ1) is 13.3. The van der Waals surface area contributed by atoms with Crippen LogP contribution in [-0.4, -0.2) is 10.9 Å². The summed E-state index contributed by atoms with van der Waals surface area (Å²) < 4.78 is 6.07. The summed E-state index contributed by atoms with van der Waals surface area (Å²) in [6.07, 6.45) is 2.38. The maximum atomic E-state index is 12.4. The lowest BCUT2D eigenvalue weighted by Gasteiger charge is -2.09. The largest absolute Gasteiger partial charge is 0.484 e. The van der Waals surface area contributed by atoms with Crippen molar-refractivity contribution in [3.63, 3.8) is 0 Å². The van der Waals surface area contributed by atoms with E-state index in [0.717, 1.165) is 28.8 Å². The standard InChI is InChI=1S/C17H13ClN2O2/c1-2-13-10-7-14(18)19-8-11(10)16(22-13)15-9-5-3-4-6-12(9)20-17(15)21/h3-8,13H,2H2,1H3,(H,20,21)/b16-15+. The molecule has 0 bridgehead atoms. The number of carbonyl (C=O) groups excluding carboxylic acids is 1. The van der Waals surface area contributed by atoms with Crippen molar-refractivity contribution in [3.8, 4) is 0 Å². The number of ether oxygens (including phenoxy) is 1. The number of para-hydroxylation sites is 1. The predicted octanol–water partition coefficient (Wildman–Crippen LogP) is 4.04. The molecule has 1 amide bonds. The highest BCUT2D eigenvalue weighted by molar-refractivity contribution is 6.36. The summed E-state index contributed by atoms with van der Waals surface area (Å²) >= 11 is 6.00. The van der Waals surface area contributed by atoms with E-state index in [2.05, 4.69) is 10.3 Å². The van der Waals surface area contributed by atoms with Crippen LogP contribution < -0.4 is 5.32 Å².